The van der Waals surface area contributed by atoms with E-state index >= 15 is 0 Å². The van der Waals surface area contributed by atoms with Gasteiger partial charge in [0.05, 0.1) is 23.5 Å². The normalized spacial score (nSPS) is 22.0. The number of amides is 1. The van der Waals surface area contributed by atoms with Crippen LogP contribution < -0.4 is 10.4 Å². The number of β-amino-alcohol motifs (C(OH)–C–C–N with tert-alkyl or cyclic N) is 1. The summed E-state index contributed by atoms with van der Waals surface area (Å²) in [6.45, 7) is -1.08. The molecule has 1 heterocycles. The number of aliphatic hydroxyl groups is 1. The van der Waals surface area contributed by atoms with E-state index < -0.39 is 46.4 Å². The Kier molecular flexibility index (Phi) is 4.97. The summed E-state index contributed by atoms with van der Waals surface area (Å²) in [5.41, 5.74) is 0. The fourth-order valence-corrected chi connectivity index (χ4v) is 3.94. The first-order chi connectivity index (χ1) is 10.7. The zero-order valence-corrected chi connectivity index (χ0v) is 12.6. The Hall–Kier alpha value is -2.04. The van der Waals surface area contributed by atoms with Gasteiger partial charge in [-0.1, -0.05) is 0 Å². The number of aliphatic carboxylic acids is 1. The lowest BCUT2D eigenvalue weighted by Gasteiger charge is -2.23. The molecule has 1 amide bonds. The maximum atomic E-state index is 12.9. The van der Waals surface area contributed by atoms with Crippen molar-refractivity contribution in [2.45, 2.75) is 23.5 Å². The standard InChI is InChI=1S/C13H15FN2O6S/c14-8-1-3-10(4-2-8)23(21,22)16-7-9(17)5-11(16)13(20)15-6-12(18)19/h1-4,9,11,17H,5-7H2,(H,15,20)(H,18,19)/p-1/t9-,11+/m0/s1. The van der Waals surface area contributed by atoms with Crippen LogP contribution in [0.3, 0.4) is 0 Å². The van der Waals surface area contributed by atoms with Crippen molar-refractivity contribution in [2.75, 3.05) is 13.1 Å². The molecule has 23 heavy (non-hydrogen) atoms. The van der Waals surface area contributed by atoms with Gasteiger partial charge in [0.25, 0.3) is 0 Å². The maximum Gasteiger partial charge on any atom is 0.243 e. The Bertz CT molecular complexity index is 706. The highest BCUT2D eigenvalue weighted by molar-refractivity contribution is 7.89. The van der Waals surface area contributed by atoms with Crippen molar-refractivity contribution in [1.29, 1.82) is 0 Å². The molecule has 0 aliphatic carbocycles. The highest BCUT2D eigenvalue weighted by Crippen LogP contribution is 2.26. The van der Waals surface area contributed by atoms with Crippen molar-refractivity contribution >= 4 is 21.9 Å². The number of nitrogens with zero attached hydrogens (tertiary/aromatic N) is 1. The number of nitrogens with one attached hydrogen (secondary N) is 1. The molecule has 2 N–H and O–H groups in total. The second-order valence-corrected chi connectivity index (χ2v) is 6.91. The number of halogens is 1. The lowest BCUT2D eigenvalue weighted by atomic mass is 10.2. The van der Waals surface area contributed by atoms with E-state index in [9.17, 15) is 32.6 Å². The van der Waals surface area contributed by atoms with Gasteiger partial charge in [-0.25, -0.2) is 12.8 Å². The van der Waals surface area contributed by atoms with Gasteiger partial charge in [0.2, 0.25) is 15.9 Å². The highest BCUT2D eigenvalue weighted by Gasteiger charge is 2.43. The van der Waals surface area contributed by atoms with Gasteiger partial charge in [-0.05, 0) is 24.3 Å². The SMILES string of the molecule is O=C([O-])CNC(=O)[C@H]1C[C@H](O)CN1S(=O)(=O)c1ccc(F)cc1. The average Bonchev–Trinajstić information content (AvgIpc) is 2.88. The fraction of sp³-hybridized carbons (Fsp3) is 0.385. The minimum Gasteiger partial charge on any atom is -0.548 e. The van der Waals surface area contributed by atoms with E-state index in [1.165, 1.54) is 0 Å². The number of carboxylic acids is 1. The third-order valence-corrected chi connectivity index (χ3v) is 5.25. The van der Waals surface area contributed by atoms with Crippen LogP contribution in [0.15, 0.2) is 29.2 Å². The molecule has 8 nitrogen and oxygen atoms in total. The second-order valence-electron chi connectivity index (χ2n) is 5.02. The van der Waals surface area contributed by atoms with Gasteiger partial charge < -0.3 is 20.3 Å². The fourth-order valence-electron chi connectivity index (χ4n) is 2.31. The van der Waals surface area contributed by atoms with Crippen LogP contribution in [0, 0.1) is 5.82 Å². The summed E-state index contributed by atoms with van der Waals surface area (Å²) in [6, 6.07) is 2.77. The molecule has 126 valence electrons. The Balaban J connectivity index is 2.25. The molecule has 0 aromatic heterocycles. The van der Waals surface area contributed by atoms with Gasteiger partial charge in [0.1, 0.15) is 11.9 Å². The zero-order chi connectivity index (χ0) is 17.2. The molecule has 1 aromatic carbocycles. The first-order valence-corrected chi connectivity index (χ1v) is 8.09. The van der Waals surface area contributed by atoms with Crippen LogP contribution in [-0.4, -0.2) is 54.9 Å². The number of benzene rings is 1. The van der Waals surface area contributed by atoms with Crippen molar-refractivity contribution in [1.82, 2.24) is 9.62 Å². The molecule has 0 unspecified atom stereocenters. The van der Waals surface area contributed by atoms with Gasteiger partial charge in [0.15, 0.2) is 0 Å². The second kappa shape index (κ2) is 6.60. The van der Waals surface area contributed by atoms with Gasteiger partial charge in [-0.15, -0.1) is 0 Å². The van der Waals surface area contributed by atoms with Crippen LogP contribution >= 0.6 is 0 Å². The van der Waals surface area contributed by atoms with Gasteiger partial charge in [-0.2, -0.15) is 4.31 Å². The molecule has 0 bridgehead atoms. The summed E-state index contributed by atoms with van der Waals surface area (Å²) in [7, 11) is -4.14. The van der Waals surface area contributed by atoms with Gasteiger partial charge in [0, 0.05) is 13.0 Å². The van der Waals surface area contributed by atoms with E-state index in [0.29, 0.717) is 0 Å². The third-order valence-electron chi connectivity index (χ3n) is 3.36. The first-order valence-electron chi connectivity index (χ1n) is 6.65. The van der Waals surface area contributed by atoms with Crippen molar-refractivity contribution < 1.29 is 32.6 Å². The number of hydrogen-bond donors (Lipinski definition) is 2. The van der Waals surface area contributed by atoms with E-state index in [1.54, 1.807) is 0 Å². The van der Waals surface area contributed by atoms with Crippen molar-refractivity contribution in [3.63, 3.8) is 0 Å². The van der Waals surface area contributed by atoms with Crippen LogP contribution in [0.25, 0.3) is 0 Å². The quantitative estimate of drug-likeness (QED) is 0.624. The van der Waals surface area contributed by atoms with Crippen LogP contribution in [0.1, 0.15) is 6.42 Å². The molecule has 0 spiro atoms. The van der Waals surface area contributed by atoms with Crippen molar-refractivity contribution in [3.05, 3.63) is 30.1 Å². The Morgan fingerprint density at radius 2 is 1.96 bits per heavy atom. The summed E-state index contributed by atoms with van der Waals surface area (Å²) < 4.78 is 38.8. The molecule has 0 radical (unpaired) electrons. The molecule has 1 aliphatic heterocycles. The Labute approximate surface area is 131 Å². The van der Waals surface area contributed by atoms with E-state index in [2.05, 4.69) is 0 Å². The molecular formula is C13H14FN2O6S-. The molecule has 1 saturated heterocycles. The van der Waals surface area contributed by atoms with E-state index in [4.69, 9.17) is 0 Å². The molecule has 2 rings (SSSR count). The lowest BCUT2D eigenvalue weighted by molar-refractivity contribution is -0.304. The van der Waals surface area contributed by atoms with E-state index in [-0.39, 0.29) is 17.9 Å². The number of aliphatic hydroxyl groups excluding tert-OH is 1. The Morgan fingerprint density at radius 1 is 1.35 bits per heavy atom. The van der Waals surface area contributed by atoms with Crippen molar-refractivity contribution in [3.8, 4) is 0 Å². The largest absolute Gasteiger partial charge is 0.548 e. The number of carbonyl (C=O) groups is 2. The van der Waals surface area contributed by atoms with E-state index in [1.807, 2.05) is 5.32 Å². The topological polar surface area (TPSA) is 127 Å². The van der Waals surface area contributed by atoms with Crippen LogP contribution in [-0.2, 0) is 19.6 Å². The van der Waals surface area contributed by atoms with E-state index in [0.717, 1.165) is 28.6 Å². The smallest absolute Gasteiger partial charge is 0.243 e. The number of carboxylic acid groups (broad SMARTS) is 1. The molecule has 0 saturated carbocycles. The molecule has 1 fully saturated rings. The number of carbonyl (C=O) groups excluding carboxylic acids is 2. The Morgan fingerprint density at radius 3 is 2.52 bits per heavy atom. The summed E-state index contributed by atoms with van der Waals surface area (Å²) in [4.78, 5) is 22.1. The van der Waals surface area contributed by atoms with Gasteiger partial charge in [-0.3, -0.25) is 4.79 Å². The summed E-state index contributed by atoms with van der Waals surface area (Å²) in [5.74, 6) is -2.99. The number of hydrogen-bond acceptors (Lipinski definition) is 6. The molecule has 1 aromatic rings. The molecule has 2 atom stereocenters. The van der Waals surface area contributed by atoms with Crippen LogP contribution in [0.5, 0.6) is 0 Å². The number of sulfonamides is 1. The minimum atomic E-state index is -4.14. The van der Waals surface area contributed by atoms with Crippen LogP contribution in [0.2, 0.25) is 0 Å². The van der Waals surface area contributed by atoms with Crippen molar-refractivity contribution in [2.24, 2.45) is 0 Å². The highest BCUT2D eigenvalue weighted by atomic mass is 32.2. The molecule has 1 aliphatic rings. The predicted molar refractivity (Wildman–Crippen MR) is 72.7 cm³/mol. The van der Waals surface area contributed by atoms with Gasteiger partial charge >= 0.3 is 0 Å². The first kappa shape index (κ1) is 17.3. The average molecular weight is 345 g/mol. The molecule has 10 heteroatoms. The third kappa shape index (κ3) is 3.84. The predicted octanol–water partition coefficient (Wildman–Crippen LogP) is -2.18. The monoisotopic (exact) mass is 345 g/mol. The summed E-state index contributed by atoms with van der Waals surface area (Å²) in [5, 5.41) is 22.1. The minimum absolute atomic E-state index is 0.167. The number of rotatable bonds is 5. The zero-order valence-electron chi connectivity index (χ0n) is 11.8. The molecular weight excluding hydrogens is 331 g/mol. The van der Waals surface area contributed by atoms with Crippen LogP contribution in [0.4, 0.5) is 4.39 Å². The maximum absolute atomic E-state index is 12.9. The summed E-state index contributed by atoms with van der Waals surface area (Å²) >= 11 is 0. The summed E-state index contributed by atoms with van der Waals surface area (Å²) in [6.07, 6.45) is -1.23. The lowest BCUT2D eigenvalue weighted by Crippen LogP contribution is -2.48.